The van der Waals surface area contributed by atoms with Crippen LogP contribution in [0.3, 0.4) is 0 Å². The van der Waals surface area contributed by atoms with Gasteiger partial charge in [0.2, 0.25) is 0 Å². The van der Waals surface area contributed by atoms with Crippen molar-refractivity contribution in [3.8, 4) is 0 Å². The highest BCUT2D eigenvalue weighted by atomic mass is 16.5. The summed E-state index contributed by atoms with van der Waals surface area (Å²) in [5.41, 5.74) is -0.731. The zero-order chi connectivity index (χ0) is 15.2. The normalized spacial score (nSPS) is 26.8. The first-order chi connectivity index (χ1) is 9.39. The maximum absolute atomic E-state index is 12.0. The zero-order valence-electron chi connectivity index (χ0n) is 13.5. The molecule has 1 fully saturated rings. The Bertz CT molecular complexity index is 319. The highest BCUT2D eigenvalue weighted by molar-refractivity contribution is 5.81. The second kappa shape index (κ2) is 7.38. The molecule has 0 aromatic rings. The molecule has 1 aliphatic carbocycles. The highest BCUT2D eigenvalue weighted by Gasteiger charge is 2.46. The molecule has 0 aromatic heterocycles. The molecule has 1 rings (SSSR count). The Labute approximate surface area is 122 Å². The average molecular weight is 287 g/mol. The Hall–Kier alpha value is -0.650. The third kappa shape index (κ3) is 4.43. The Morgan fingerprint density at radius 1 is 1.40 bits per heavy atom. The van der Waals surface area contributed by atoms with Crippen LogP contribution >= 0.6 is 0 Å². The molecule has 0 aliphatic heterocycles. The van der Waals surface area contributed by atoms with E-state index in [9.17, 15) is 4.79 Å². The maximum Gasteiger partial charge on any atom is 0.326 e. The van der Waals surface area contributed by atoms with Crippen molar-refractivity contribution < 1.29 is 19.0 Å². The summed E-state index contributed by atoms with van der Waals surface area (Å²) in [6.45, 7) is 7.48. The molecule has 0 amide bonds. The van der Waals surface area contributed by atoms with Gasteiger partial charge in [-0.1, -0.05) is 6.92 Å². The number of carbonyl (C=O) groups is 1. The second-order valence-electron chi connectivity index (χ2n) is 6.05. The third-order valence-electron chi connectivity index (χ3n) is 4.17. The topological polar surface area (TPSA) is 56.8 Å². The Morgan fingerprint density at radius 2 is 2.10 bits per heavy atom. The quantitative estimate of drug-likeness (QED) is 0.691. The van der Waals surface area contributed by atoms with E-state index in [0.29, 0.717) is 13.0 Å². The van der Waals surface area contributed by atoms with Gasteiger partial charge in [0.25, 0.3) is 0 Å². The van der Waals surface area contributed by atoms with Gasteiger partial charge < -0.3 is 19.5 Å². The van der Waals surface area contributed by atoms with Crippen molar-refractivity contribution in [3.63, 3.8) is 0 Å². The first kappa shape index (κ1) is 17.4. The molecule has 1 saturated carbocycles. The largest absolute Gasteiger partial charge is 0.468 e. The molecule has 118 valence electrons. The minimum atomic E-state index is -0.565. The van der Waals surface area contributed by atoms with Crippen LogP contribution in [0.1, 0.15) is 46.5 Å². The number of carbonyl (C=O) groups excluding carboxylic acids is 1. The molecular formula is C15H29NO4. The molecule has 2 atom stereocenters. The molecule has 0 saturated heterocycles. The lowest BCUT2D eigenvalue weighted by atomic mass is 9.97. The van der Waals surface area contributed by atoms with Gasteiger partial charge >= 0.3 is 5.97 Å². The number of likely N-dealkylation sites (N-methyl/N-ethyl adjacent to an activating group) is 1. The summed E-state index contributed by atoms with van der Waals surface area (Å²) in [4.78, 5) is 12.0. The molecule has 0 radical (unpaired) electrons. The molecular weight excluding hydrogens is 258 g/mol. The molecule has 0 aromatic carbocycles. The van der Waals surface area contributed by atoms with Crippen molar-refractivity contribution in [1.82, 2.24) is 5.32 Å². The summed E-state index contributed by atoms with van der Waals surface area (Å²) in [6.07, 6.45) is 3.29. The van der Waals surface area contributed by atoms with Crippen LogP contribution in [0.5, 0.6) is 0 Å². The number of methoxy groups -OCH3 is 2. The third-order valence-corrected chi connectivity index (χ3v) is 4.17. The maximum atomic E-state index is 12.0. The smallest absolute Gasteiger partial charge is 0.326 e. The van der Waals surface area contributed by atoms with E-state index in [1.165, 1.54) is 7.11 Å². The lowest BCUT2D eigenvalue weighted by Gasteiger charge is -2.27. The van der Waals surface area contributed by atoms with Gasteiger partial charge in [0.15, 0.2) is 0 Å². The van der Waals surface area contributed by atoms with Gasteiger partial charge in [0.1, 0.15) is 5.54 Å². The predicted octanol–water partition coefficient (Wildman–Crippen LogP) is 1.89. The van der Waals surface area contributed by atoms with Crippen molar-refractivity contribution in [1.29, 1.82) is 0 Å². The van der Waals surface area contributed by atoms with Crippen LogP contribution in [-0.4, -0.2) is 50.6 Å². The van der Waals surface area contributed by atoms with Crippen LogP contribution in [0.4, 0.5) is 0 Å². The second-order valence-corrected chi connectivity index (χ2v) is 6.05. The van der Waals surface area contributed by atoms with E-state index in [4.69, 9.17) is 14.2 Å². The summed E-state index contributed by atoms with van der Waals surface area (Å²) in [5.74, 6) is -0.178. The van der Waals surface area contributed by atoms with Crippen LogP contribution in [0.15, 0.2) is 0 Å². The zero-order valence-corrected chi connectivity index (χ0v) is 13.5. The predicted molar refractivity (Wildman–Crippen MR) is 77.7 cm³/mol. The Kier molecular flexibility index (Phi) is 6.43. The molecule has 20 heavy (non-hydrogen) atoms. The van der Waals surface area contributed by atoms with Crippen LogP contribution < -0.4 is 5.32 Å². The van der Waals surface area contributed by atoms with E-state index < -0.39 is 5.54 Å². The van der Waals surface area contributed by atoms with Crippen molar-refractivity contribution >= 4 is 5.97 Å². The minimum Gasteiger partial charge on any atom is -0.468 e. The molecule has 5 heteroatoms. The molecule has 0 spiro atoms. The number of rotatable bonds is 8. The first-order valence-corrected chi connectivity index (χ1v) is 7.39. The molecule has 2 unspecified atom stereocenters. The van der Waals surface area contributed by atoms with E-state index in [0.717, 1.165) is 25.8 Å². The van der Waals surface area contributed by atoms with E-state index in [1.807, 2.05) is 20.8 Å². The van der Waals surface area contributed by atoms with Crippen molar-refractivity contribution in [3.05, 3.63) is 0 Å². The molecule has 1 aliphatic rings. The lowest BCUT2D eigenvalue weighted by Crippen LogP contribution is -2.51. The van der Waals surface area contributed by atoms with Gasteiger partial charge in [-0.3, -0.25) is 4.79 Å². The van der Waals surface area contributed by atoms with E-state index in [1.54, 1.807) is 7.11 Å². The summed E-state index contributed by atoms with van der Waals surface area (Å²) < 4.78 is 16.2. The Balaban J connectivity index is 2.46. The fourth-order valence-electron chi connectivity index (χ4n) is 2.67. The van der Waals surface area contributed by atoms with Crippen LogP contribution in [0.2, 0.25) is 0 Å². The number of hydrogen-bond donors (Lipinski definition) is 1. The fourth-order valence-corrected chi connectivity index (χ4v) is 2.67. The standard InChI is InChI=1S/C15H29NO4/c1-6-16-15(13(17)18-4)8-7-12(11-15)20-10-9-14(2,3)19-5/h12,16H,6-11H2,1-5H3. The summed E-state index contributed by atoms with van der Waals surface area (Å²) in [5, 5.41) is 3.28. The van der Waals surface area contributed by atoms with Crippen LogP contribution in [0.25, 0.3) is 0 Å². The average Bonchev–Trinajstić information content (AvgIpc) is 2.83. The monoisotopic (exact) mass is 287 g/mol. The molecule has 0 bridgehead atoms. The van der Waals surface area contributed by atoms with Crippen LogP contribution in [0, 0.1) is 0 Å². The van der Waals surface area contributed by atoms with Gasteiger partial charge in [-0.2, -0.15) is 0 Å². The van der Waals surface area contributed by atoms with Crippen molar-refractivity contribution in [2.24, 2.45) is 0 Å². The van der Waals surface area contributed by atoms with Crippen LogP contribution in [-0.2, 0) is 19.0 Å². The minimum absolute atomic E-state index is 0.112. The molecule has 5 nitrogen and oxygen atoms in total. The fraction of sp³-hybridized carbons (Fsp3) is 0.933. The highest BCUT2D eigenvalue weighted by Crippen LogP contribution is 2.33. The van der Waals surface area contributed by atoms with Crippen molar-refractivity contribution in [2.45, 2.75) is 63.7 Å². The van der Waals surface area contributed by atoms with Crippen molar-refractivity contribution in [2.75, 3.05) is 27.4 Å². The lowest BCUT2D eigenvalue weighted by molar-refractivity contribution is -0.149. The van der Waals surface area contributed by atoms with E-state index >= 15 is 0 Å². The molecule has 1 N–H and O–H groups in total. The molecule has 0 heterocycles. The van der Waals surface area contributed by atoms with Gasteiger partial charge in [-0.15, -0.1) is 0 Å². The van der Waals surface area contributed by atoms with E-state index in [2.05, 4.69) is 5.32 Å². The van der Waals surface area contributed by atoms with Gasteiger partial charge in [-0.05, 0) is 39.7 Å². The Morgan fingerprint density at radius 3 is 2.65 bits per heavy atom. The number of hydrogen-bond acceptors (Lipinski definition) is 5. The van der Waals surface area contributed by atoms with Gasteiger partial charge in [-0.25, -0.2) is 0 Å². The number of esters is 1. The van der Waals surface area contributed by atoms with Gasteiger partial charge in [0, 0.05) is 20.1 Å². The van der Waals surface area contributed by atoms with Gasteiger partial charge in [0.05, 0.1) is 18.8 Å². The SMILES string of the molecule is CCNC1(C(=O)OC)CCC(OCCC(C)(C)OC)C1. The first-order valence-electron chi connectivity index (χ1n) is 7.39. The summed E-state index contributed by atoms with van der Waals surface area (Å²) >= 11 is 0. The summed E-state index contributed by atoms with van der Waals surface area (Å²) in [6, 6.07) is 0. The number of ether oxygens (including phenoxy) is 3. The number of nitrogens with one attached hydrogen (secondary N) is 1. The van der Waals surface area contributed by atoms with E-state index in [-0.39, 0.29) is 17.7 Å². The summed E-state index contributed by atoms with van der Waals surface area (Å²) in [7, 11) is 3.15.